The van der Waals surface area contributed by atoms with E-state index in [-0.39, 0.29) is 17.7 Å². The van der Waals surface area contributed by atoms with E-state index < -0.39 is 10.0 Å². The summed E-state index contributed by atoms with van der Waals surface area (Å²) in [6.07, 6.45) is 0.610. The summed E-state index contributed by atoms with van der Waals surface area (Å²) < 4.78 is 26.2. The van der Waals surface area contributed by atoms with Crippen LogP contribution in [0.4, 0.5) is 11.4 Å². The van der Waals surface area contributed by atoms with Gasteiger partial charge in [-0.25, -0.2) is 8.42 Å². The molecule has 1 heterocycles. The first-order valence-corrected chi connectivity index (χ1v) is 10.4. The molecule has 1 amide bonds. The molecule has 26 heavy (non-hydrogen) atoms. The summed E-state index contributed by atoms with van der Waals surface area (Å²) in [5, 5.41) is 2.94. The predicted octanol–water partition coefficient (Wildman–Crippen LogP) is 3.66. The number of anilines is 2. The molecular formula is C20H24N2O3S. The highest BCUT2D eigenvalue weighted by Gasteiger charge is 2.34. The molecule has 3 rings (SSSR count). The van der Waals surface area contributed by atoms with Crippen LogP contribution in [0.25, 0.3) is 0 Å². The van der Waals surface area contributed by atoms with E-state index in [4.69, 9.17) is 0 Å². The van der Waals surface area contributed by atoms with Crippen LogP contribution in [-0.4, -0.2) is 26.1 Å². The Morgan fingerprint density at radius 3 is 2.58 bits per heavy atom. The van der Waals surface area contributed by atoms with E-state index in [0.29, 0.717) is 17.7 Å². The van der Waals surface area contributed by atoms with E-state index in [9.17, 15) is 13.2 Å². The first kappa shape index (κ1) is 18.5. The smallest absolute Gasteiger partial charge is 0.255 e. The molecule has 138 valence electrons. The quantitative estimate of drug-likeness (QED) is 0.891. The number of benzene rings is 2. The molecule has 0 bridgehead atoms. The lowest BCUT2D eigenvalue weighted by Gasteiger charge is -2.23. The van der Waals surface area contributed by atoms with E-state index in [2.05, 4.69) is 5.32 Å². The number of hydrogen-bond donors (Lipinski definition) is 1. The number of hydrogen-bond acceptors (Lipinski definition) is 3. The van der Waals surface area contributed by atoms with Gasteiger partial charge in [0, 0.05) is 17.3 Å². The monoisotopic (exact) mass is 372 g/mol. The van der Waals surface area contributed by atoms with Crippen molar-refractivity contribution < 1.29 is 13.2 Å². The average Bonchev–Trinajstić information content (AvgIpc) is 2.92. The van der Waals surface area contributed by atoms with E-state index in [1.54, 1.807) is 25.1 Å². The number of carbonyl (C=O) groups excluding carboxylic acids is 1. The summed E-state index contributed by atoms with van der Waals surface area (Å²) in [5.74, 6) is -0.129. The molecule has 0 aromatic heterocycles. The zero-order chi connectivity index (χ0) is 19.1. The minimum Gasteiger partial charge on any atom is -0.322 e. The van der Waals surface area contributed by atoms with Crippen LogP contribution in [0, 0.1) is 13.8 Å². The summed E-state index contributed by atoms with van der Waals surface area (Å²) in [6.45, 7) is 7.51. The van der Waals surface area contributed by atoms with Gasteiger partial charge in [0.25, 0.3) is 5.91 Å². The molecule has 1 aliphatic rings. The lowest BCUT2D eigenvalue weighted by Crippen LogP contribution is -2.36. The zero-order valence-electron chi connectivity index (χ0n) is 15.5. The third-order valence-electron chi connectivity index (χ3n) is 4.79. The molecule has 0 saturated carbocycles. The summed E-state index contributed by atoms with van der Waals surface area (Å²) in [6, 6.07) is 11.0. The summed E-state index contributed by atoms with van der Waals surface area (Å²) in [5.41, 5.74) is 5.04. The molecule has 2 aromatic rings. The number of fused-ring (bicyclic) bond motifs is 1. The molecule has 0 radical (unpaired) electrons. The van der Waals surface area contributed by atoms with Crippen molar-refractivity contribution in [2.75, 3.05) is 15.4 Å². The van der Waals surface area contributed by atoms with Gasteiger partial charge >= 0.3 is 0 Å². The van der Waals surface area contributed by atoms with Crippen molar-refractivity contribution >= 4 is 27.3 Å². The lowest BCUT2D eigenvalue weighted by atomic mass is 10.1. The third-order valence-corrected chi connectivity index (χ3v) is 6.67. The summed E-state index contributed by atoms with van der Waals surface area (Å²) >= 11 is 0. The first-order valence-electron chi connectivity index (χ1n) is 8.76. The maximum absolute atomic E-state index is 12.6. The van der Waals surface area contributed by atoms with Crippen molar-refractivity contribution in [3.8, 4) is 0 Å². The van der Waals surface area contributed by atoms with Crippen LogP contribution < -0.4 is 9.62 Å². The molecule has 0 unspecified atom stereocenters. The van der Waals surface area contributed by atoms with Crippen molar-refractivity contribution in [1.29, 1.82) is 0 Å². The van der Waals surface area contributed by atoms with Gasteiger partial charge in [0.05, 0.1) is 11.4 Å². The SMILES string of the molecule is CCS(=O)(=O)N1c2ccc(C(=O)Nc3ccc(C)cc3C)cc2C[C@H]1C. The van der Waals surface area contributed by atoms with Gasteiger partial charge in [-0.05, 0) is 69.5 Å². The minimum absolute atomic E-state index is 0.0612. The minimum atomic E-state index is -3.32. The van der Waals surface area contributed by atoms with Gasteiger partial charge in [0.2, 0.25) is 10.0 Å². The van der Waals surface area contributed by atoms with Crippen molar-refractivity contribution in [2.45, 2.75) is 40.2 Å². The molecule has 6 heteroatoms. The first-order chi connectivity index (χ1) is 12.2. The number of nitrogens with one attached hydrogen (secondary N) is 1. The Bertz CT molecular complexity index is 967. The van der Waals surface area contributed by atoms with Gasteiger partial charge in [-0.1, -0.05) is 17.7 Å². The van der Waals surface area contributed by atoms with Crippen molar-refractivity contribution in [1.82, 2.24) is 0 Å². The Labute approximate surface area is 155 Å². The van der Waals surface area contributed by atoms with Crippen LogP contribution >= 0.6 is 0 Å². The molecular weight excluding hydrogens is 348 g/mol. The molecule has 0 aliphatic carbocycles. The Hall–Kier alpha value is -2.34. The number of nitrogens with zero attached hydrogens (tertiary/aromatic N) is 1. The van der Waals surface area contributed by atoms with Crippen LogP contribution in [0.1, 0.15) is 40.9 Å². The van der Waals surface area contributed by atoms with Crippen LogP contribution in [0.2, 0.25) is 0 Å². The number of rotatable bonds is 4. The number of aryl methyl sites for hydroxylation is 2. The second-order valence-electron chi connectivity index (χ2n) is 6.87. The molecule has 0 fully saturated rings. The fraction of sp³-hybridized carbons (Fsp3) is 0.350. The van der Waals surface area contributed by atoms with E-state index in [1.165, 1.54) is 4.31 Å². The van der Waals surface area contributed by atoms with Gasteiger partial charge in [0.1, 0.15) is 0 Å². The average molecular weight is 372 g/mol. The Morgan fingerprint density at radius 1 is 1.19 bits per heavy atom. The largest absolute Gasteiger partial charge is 0.322 e. The van der Waals surface area contributed by atoms with Crippen molar-refractivity contribution in [3.05, 3.63) is 58.7 Å². The number of carbonyl (C=O) groups is 1. The fourth-order valence-electron chi connectivity index (χ4n) is 3.46. The maximum atomic E-state index is 12.6. The van der Waals surface area contributed by atoms with Gasteiger partial charge in [0.15, 0.2) is 0 Å². The third kappa shape index (κ3) is 3.33. The van der Waals surface area contributed by atoms with Crippen LogP contribution in [0.15, 0.2) is 36.4 Å². The molecule has 5 nitrogen and oxygen atoms in total. The topological polar surface area (TPSA) is 66.5 Å². The van der Waals surface area contributed by atoms with Gasteiger partial charge < -0.3 is 5.32 Å². The number of amides is 1. The Balaban J connectivity index is 1.88. The zero-order valence-corrected chi connectivity index (χ0v) is 16.4. The highest BCUT2D eigenvalue weighted by atomic mass is 32.2. The number of sulfonamides is 1. The summed E-state index contributed by atoms with van der Waals surface area (Å²) in [4.78, 5) is 12.6. The van der Waals surface area contributed by atoms with E-state index in [0.717, 1.165) is 22.4 Å². The molecule has 1 N–H and O–H groups in total. The van der Waals surface area contributed by atoms with Gasteiger partial charge in [-0.15, -0.1) is 0 Å². The predicted molar refractivity (Wildman–Crippen MR) is 105 cm³/mol. The molecule has 0 spiro atoms. The van der Waals surface area contributed by atoms with Crippen LogP contribution in [0.3, 0.4) is 0 Å². The Kier molecular flexibility index (Phi) is 4.80. The van der Waals surface area contributed by atoms with E-state index >= 15 is 0 Å². The molecule has 0 saturated heterocycles. The standard InChI is InChI=1S/C20H24N2O3S/c1-5-26(24,25)22-15(4)11-17-12-16(7-9-19(17)22)20(23)21-18-8-6-13(2)10-14(18)3/h6-10,12,15H,5,11H2,1-4H3,(H,21,23)/t15-/m1/s1. The second kappa shape index (κ2) is 6.76. The molecule has 1 aliphatic heterocycles. The molecule has 1 atom stereocenters. The second-order valence-corrected chi connectivity index (χ2v) is 9.00. The Morgan fingerprint density at radius 2 is 1.92 bits per heavy atom. The summed E-state index contributed by atoms with van der Waals surface area (Å²) in [7, 11) is -3.32. The lowest BCUT2D eigenvalue weighted by molar-refractivity contribution is 0.102. The fourth-order valence-corrected chi connectivity index (χ4v) is 4.83. The van der Waals surface area contributed by atoms with Crippen LogP contribution in [0.5, 0.6) is 0 Å². The normalized spacial score (nSPS) is 16.5. The van der Waals surface area contributed by atoms with Gasteiger partial charge in [-0.3, -0.25) is 9.10 Å². The molecule has 2 aromatic carbocycles. The van der Waals surface area contributed by atoms with Crippen LogP contribution in [-0.2, 0) is 16.4 Å². The van der Waals surface area contributed by atoms with Gasteiger partial charge in [-0.2, -0.15) is 0 Å². The van der Waals surface area contributed by atoms with Crippen molar-refractivity contribution in [3.63, 3.8) is 0 Å². The highest BCUT2D eigenvalue weighted by molar-refractivity contribution is 7.92. The maximum Gasteiger partial charge on any atom is 0.255 e. The van der Waals surface area contributed by atoms with E-state index in [1.807, 2.05) is 39.0 Å². The van der Waals surface area contributed by atoms with Crippen molar-refractivity contribution in [2.24, 2.45) is 0 Å². The highest BCUT2D eigenvalue weighted by Crippen LogP contribution is 2.35.